The van der Waals surface area contributed by atoms with Gasteiger partial charge in [0, 0.05) is 24.1 Å². The minimum atomic E-state index is -0.300. The minimum Gasteiger partial charge on any atom is -0.497 e. The summed E-state index contributed by atoms with van der Waals surface area (Å²) in [6.07, 6.45) is 0. The van der Waals surface area contributed by atoms with Crippen molar-refractivity contribution < 1.29 is 18.4 Å². The fourth-order valence-corrected chi connectivity index (χ4v) is 2.86. The first-order valence-corrected chi connectivity index (χ1v) is 9.09. The Kier molecular flexibility index (Phi) is 6.09. The molecule has 0 aliphatic rings. The molecule has 0 aliphatic heterocycles. The third kappa shape index (κ3) is 4.76. The van der Waals surface area contributed by atoms with E-state index in [2.05, 4.69) is 5.16 Å². The lowest BCUT2D eigenvalue weighted by molar-refractivity contribution is -0.135. The van der Waals surface area contributed by atoms with Crippen LogP contribution in [0.5, 0.6) is 5.75 Å². The van der Waals surface area contributed by atoms with Gasteiger partial charge in [-0.3, -0.25) is 4.79 Å². The summed E-state index contributed by atoms with van der Waals surface area (Å²) in [6.45, 7) is 4.40. The van der Waals surface area contributed by atoms with Gasteiger partial charge in [0.2, 0.25) is 5.91 Å². The van der Waals surface area contributed by atoms with Gasteiger partial charge in [-0.25, -0.2) is 4.39 Å². The van der Waals surface area contributed by atoms with Gasteiger partial charge < -0.3 is 14.2 Å². The van der Waals surface area contributed by atoms with Gasteiger partial charge in [-0.05, 0) is 42.0 Å². The molecule has 0 unspecified atom stereocenters. The Hall–Kier alpha value is -3.15. The molecule has 0 saturated carbocycles. The number of hydrogen-bond acceptors (Lipinski definition) is 4. The lowest BCUT2D eigenvalue weighted by Gasteiger charge is -2.23. The highest BCUT2D eigenvalue weighted by atomic mass is 19.1. The molecule has 0 aliphatic carbocycles. The monoisotopic (exact) mass is 382 g/mol. The van der Waals surface area contributed by atoms with Crippen LogP contribution in [0.1, 0.15) is 25.1 Å². The standard InChI is InChI=1S/C22H23FN2O3/c1-15(2)22(26)25(13-16-4-8-18(23)9-5-16)14-19-12-21(28-24-19)17-6-10-20(27-3)11-7-17/h4-12,15H,13-14H2,1-3H3. The average molecular weight is 382 g/mol. The van der Waals surface area contributed by atoms with Crippen molar-refractivity contribution >= 4 is 5.91 Å². The van der Waals surface area contributed by atoms with E-state index in [0.717, 1.165) is 16.9 Å². The van der Waals surface area contributed by atoms with Crippen molar-refractivity contribution in [1.82, 2.24) is 10.1 Å². The molecule has 0 fully saturated rings. The number of amides is 1. The fourth-order valence-electron chi connectivity index (χ4n) is 2.86. The highest BCUT2D eigenvalue weighted by molar-refractivity contribution is 5.78. The topological polar surface area (TPSA) is 55.6 Å². The molecule has 5 nitrogen and oxygen atoms in total. The number of halogens is 1. The molecule has 0 spiro atoms. The average Bonchev–Trinajstić information content (AvgIpc) is 3.17. The minimum absolute atomic E-state index is 0.00155. The molecule has 6 heteroatoms. The molecule has 0 atom stereocenters. The smallest absolute Gasteiger partial charge is 0.225 e. The summed E-state index contributed by atoms with van der Waals surface area (Å²) in [6, 6.07) is 15.4. The van der Waals surface area contributed by atoms with Crippen LogP contribution in [0.15, 0.2) is 59.1 Å². The van der Waals surface area contributed by atoms with Crippen LogP contribution in [0, 0.1) is 11.7 Å². The summed E-state index contributed by atoms with van der Waals surface area (Å²) >= 11 is 0. The van der Waals surface area contributed by atoms with E-state index in [-0.39, 0.29) is 17.6 Å². The van der Waals surface area contributed by atoms with Gasteiger partial charge in [-0.2, -0.15) is 0 Å². The second-order valence-electron chi connectivity index (χ2n) is 6.89. The number of ether oxygens (including phenoxy) is 1. The number of benzene rings is 2. The van der Waals surface area contributed by atoms with Crippen molar-refractivity contribution in [3.8, 4) is 17.1 Å². The highest BCUT2D eigenvalue weighted by Gasteiger charge is 2.20. The second kappa shape index (κ2) is 8.69. The van der Waals surface area contributed by atoms with Gasteiger partial charge in [0.15, 0.2) is 5.76 Å². The summed E-state index contributed by atoms with van der Waals surface area (Å²) in [5, 5.41) is 4.11. The van der Waals surface area contributed by atoms with E-state index in [0.29, 0.717) is 24.5 Å². The highest BCUT2D eigenvalue weighted by Crippen LogP contribution is 2.24. The number of carbonyl (C=O) groups excluding carboxylic acids is 1. The fraction of sp³-hybridized carbons (Fsp3) is 0.273. The van der Waals surface area contributed by atoms with Gasteiger partial charge in [-0.15, -0.1) is 0 Å². The molecule has 2 aromatic carbocycles. The van der Waals surface area contributed by atoms with Crippen molar-refractivity contribution in [2.75, 3.05) is 7.11 Å². The van der Waals surface area contributed by atoms with E-state index >= 15 is 0 Å². The maximum absolute atomic E-state index is 13.2. The van der Waals surface area contributed by atoms with Crippen LogP contribution >= 0.6 is 0 Å². The van der Waals surface area contributed by atoms with Crippen molar-refractivity contribution in [3.63, 3.8) is 0 Å². The Morgan fingerprint density at radius 1 is 1.11 bits per heavy atom. The number of rotatable bonds is 7. The zero-order chi connectivity index (χ0) is 20.1. The van der Waals surface area contributed by atoms with E-state index in [9.17, 15) is 9.18 Å². The Balaban J connectivity index is 1.77. The van der Waals surface area contributed by atoms with E-state index < -0.39 is 0 Å². The maximum atomic E-state index is 13.2. The molecule has 1 heterocycles. The van der Waals surface area contributed by atoms with Gasteiger partial charge in [0.1, 0.15) is 17.3 Å². The SMILES string of the molecule is COc1ccc(-c2cc(CN(Cc3ccc(F)cc3)C(=O)C(C)C)no2)cc1. The molecular weight excluding hydrogens is 359 g/mol. The lowest BCUT2D eigenvalue weighted by atomic mass is 10.1. The summed E-state index contributed by atoms with van der Waals surface area (Å²) in [5.41, 5.74) is 2.39. The molecule has 3 aromatic rings. The van der Waals surface area contributed by atoms with Crippen molar-refractivity contribution in [3.05, 3.63) is 71.7 Å². The van der Waals surface area contributed by atoms with E-state index in [1.54, 1.807) is 24.1 Å². The molecule has 1 amide bonds. The van der Waals surface area contributed by atoms with E-state index in [4.69, 9.17) is 9.26 Å². The molecule has 3 rings (SSSR count). The van der Waals surface area contributed by atoms with E-state index in [1.807, 2.05) is 44.2 Å². The number of hydrogen-bond donors (Lipinski definition) is 0. The zero-order valence-electron chi connectivity index (χ0n) is 16.2. The number of nitrogens with zero attached hydrogens (tertiary/aromatic N) is 2. The molecule has 0 bridgehead atoms. The summed E-state index contributed by atoms with van der Waals surface area (Å²) in [7, 11) is 1.61. The van der Waals surface area contributed by atoms with Crippen LogP contribution < -0.4 is 4.74 Å². The van der Waals surface area contributed by atoms with Crippen LogP contribution in [0.25, 0.3) is 11.3 Å². The first-order valence-electron chi connectivity index (χ1n) is 9.09. The number of carbonyl (C=O) groups is 1. The molecule has 0 N–H and O–H groups in total. The lowest BCUT2D eigenvalue weighted by Crippen LogP contribution is -2.33. The molecular formula is C22H23FN2O3. The molecule has 1 aromatic heterocycles. The van der Waals surface area contributed by atoms with Crippen LogP contribution in [0.2, 0.25) is 0 Å². The Labute approximate surface area is 163 Å². The van der Waals surface area contributed by atoms with Gasteiger partial charge in [-0.1, -0.05) is 31.1 Å². The third-order valence-electron chi connectivity index (χ3n) is 4.38. The summed E-state index contributed by atoms with van der Waals surface area (Å²) < 4.78 is 23.8. The Morgan fingerprint density at radius 2 is 1.79 bits per heavy atom. The zero-order valence-corrected chi connectivity index (χ0v) is 16.2. The van der Waals surface area contributed by atoms with Crippen LogP contribution in [-0.2, 0) is 17.9 Å². The van der Waals surface area contributed by atoms with Crippen LogP contribution in [-0.4, -0.2) is 23.1 Å². The Morgan fingerprint density at radius 3 is 2.39 bits per heavy atom. The summed E-state index contributed by atoms with van der Waals surface area (Å²) in [4.78, 5) is 14.3. The quantitative estimate of drug-likeness (QED) is 0.596. The summed E-state index contributed by atoms with van der Waals surface area (Å²) in [5.74, 6) is 0.922. The Bertz CT molecular complexity index is 918. The number of aromatic nitrogens is 1. The van der Waals surface area contributed by atoms with Crippen LogP contribution in [0.4, 0.5) is 4.39 Å². The van der Waals surface area contributed by atoms with Gasteiger partial charge in [0.05, 0.1) is 13.7 Å². The maximum Gasteiger partial charge on any atom is 0.225 e. The number of methoxy groups -OCH3 is 1. The molecule has 0 radical (unpaired) electrons. The van der Waals surface area contributed by atoms with Crippen LogP contribution in [0.3, 0.4) is 0 Å². The van der Waals surface area contributed by atoms with Gasteiger partial charge in [0.25, 0.3) is 0 Å². The molecule has 28 heavy (non-hydrogen) atoms. The second-order valence-corrected chi connectivity index (χ2v) is 6.89. The largest absolute Gasteiger partial charge is 0.497 e. The normalized spacial score (nSPS) is 10.9. The molecule has 0 saturated heterocycles. The van der Waals surface area contributed by atoms with Crippen molar-refractivity contribution in [1.29, 1.82) is 0 Å². The first kappa shape index (κ1) is 19.6. The first-order chi connectivity index (χ1) is 13.5. The van der Waals surface area contributed by atoms with Gasteiger partial charge >= 0.3 is 0 Å². The predicted octanol–water partition coefficient (Wildman–Crippen LogP) is 4.67. The van der Waals surface area contributed by atoms with E-state index in [1.165, 1.54) is 12.1 Å². The van der Waals surface area contributed by atoms with Crippen molar-refractivity contribution in [2.45, 2.75) is 26.9 Å². The third-order valence-corrected chi connectivity index (χ3v) is 4.38. The molecule has 146 valence electrons. The van der Waals surface area contributed by atoms with Crippen molar-refractivity contribution in [2.24, 2.45) is 5.92 Å². The predicted molar refractivity (Wildman–Crippen MR) is 104 cm³/mol.